The molecule has 0 radical (unpaired) electrons. The van der Waals surface area contributed by atoms with E-state index in [1.54, 1.807) is 12.1 Å². The fourth-order valence-electron chi connectivity index (χ4n) is 1.28. The Balaban J connectivity index is 2.91. The summed E-state index contributed by atoms with van der Waals surface area (Å²) in [5.74, 6) is -1.67. The van der Waals surface area contributed by atoms with Gasteiger partial charge in [-0.15, -0.1) is 24.0 Å². The van der Waals surface area contributed by atoms with Gasteiger partial charge < -0.3 is 5.11 Å². The fourth-order valence-corrected chi connectivity index (χ4v) is 2.53. The number of hydrogen-bond donors (Lipinski definition) is 2. The maximum absolute atomic E-state index is 13.4. The molecule has 5 heteroatoms. The molecule has 0 spiro atoms. The Morgan fingerprint density at radius 2 is 2.21 bits per heavy atom. The molecule has 0 aliphatic heterocycles. The molecular weight excluding hydrogens is 223 g/mol. The predicted octanol–water partition coefficient (Wildman–Crippen LogP) is 3.03. The summed E-state index contributed by atoms with van der Waals surface area (Å²) in [6.45, 7) is 0. The maximum Gasteiger partial charge on any atom is 0.336 e. The summed E-state index contributed by atoms with van der Waals surface area (Å²) in [5.41, 5.74) is -0.0171. The van der Waals surface area contributed by atoms with E-state index in [1.165, 1.54) is 6.07 Å². The van der Waals surface area contributed by atoms with Crippen LogP contribution in [0.2, 0.25) is 0 Å². The molecule has 0 saturated heterocycles. The first-order chi connectivity index (χ1) is 6.61. The van der Waals surface area contributed by atoms with E-state index >= 15 is 0 Å². The summed E-state index contributed by atoms with van der Waals surface area (Å²) < 4.78 is 14.3. The van der Waals surface area contributed by atoms with Crippen molar-refractivity contribution in [2.24, 2.45) is 0 Å². The number of thiol groups is 1. The number of hydrogen-bond acceptors (Lipinski definition) is 3. The van der Waals surface area contributed by atoms with Crippen LogP contribution in [0.25, 0.3) is 10.1 Å². The molecule has 2 rings (SSSR count). The normalized spacial score (nSPS) is 10.7. The second-order valence-corrected chi connectivity index (χ2v) is 4.51. The Bertz CT molecular complexity index is 519. The molecular formula is C9H5FO2S2. The molecule has 1 heterocycles. The zero-order valence-corrected chi connectivity index (χ0v) is 8.53. The van der Waals surface area contributed by atoms with Crippen molar-refractivity contribution in [3.8, 4) is 0 Å². The molecule has 0 bridgehead atoms. The van der Waals surface area contributed by atoms with Crippen molar-refractivity contribution in [2.45, 2.75) is 4.21 Å². The zero-order valence-electron chi connectivity index (χ0n) is 6.82. The molecule has 2 aromatic rings. The topological polar surface area (TPSA) is 37.3 Å². The monoisotopic (exact) mass is 228 g/mol. The number of halogens is 1. The first kappa shape index (κ1) is 9.48. The van der Waals surface area contributed by atoms with Crippen molar-refractivity contribution in [1.82, 2.24) is 0 Å². The van der Waals surface area contributed by atoms with Gasteiger partial charge in [0, 0.05) is 10.1 Å². The van der Waals surface area contributed by atoms with Crippen molar-refractivity contribution < 1.29 is 14.3 Å². The number of carboxylic acids is 1. The summed E-state index contributed by atoms with van der Waals surface area (Å²) >= 11 is 5.06. The summed E-state index contributed by atoms with van der Waals surface area (Å²) in [5, 5.41) is 8.98. The van der Waals surface area contributed by atoms with Crippen LogP contribution in [0, 0.1) is 5.82 Å². The number of carbonyl (C=O) groups is 1. The quantitative estimate of drug-likeness (QED) is 0.736. The van der Waals surface area contributed by atoms with E-state index < -0.39 is 11.8 Å². The van der Waals surface area contributed by atoms with Gasteiger partial charge in [0.1, 0.15) is 0 Å². The van der Waals surface area contributed by atoms with Crippen LogP contribution in [0.15, 0.2) is 22.4 Å². The largest absolute Gasteiger partial charge is 0.478 e. The number of carboxylic acid groups (broad SMARTS) is 1. The minimum atomic E-state index is -1.12. The first-order valence-corrected chi connectivity index (χ1v) is 5.01. The standard InChI is InChI=1S/C9H5FO2S2/c10-7-6-4(8(11)12)2-1-3-5(6)14-9(7)13/h1-3,13H,(H,11,12). The fraction of sp³-hybridized carbons (Fsp3) is 0. The number of fused-ring (bicyclic) bond motifs is 1. The van der Waals surface area contributed by atoms with Crippen LogP contribution in [0.4, 0.5) is 4.39 Å². The van der Waals surface area contributed by atoms with Crippen LogP contribution >= 0.6 is 24.0 Å². The average molecular weight is 228 g/mol. The summed E-state index contributed by atoms with van der Waals surface area (Å²) in [4.78, 5) is 10.8. The van der Waals surface area contributed by atoms with E-state index in [1.807, 2.05) is 0 Å². The van der Waals surface area contributed by atoms with Gasteiger partial charge in [0.25, 0.3) is 0 Å². The van der Waals surface area contributed by atoms with Gasteiger partial charge in [0.05, 0.1) is 9.77 Å². The Morgan fingerprint density at radius 1 is 1.50 bits per heavy atom. The number of rotatable bonds is 1. The minimum Gasteiger partial charge on any atom is -0.478 e. The maximum atomic E-state index is 13.4. The smallest absolute Gasteiger partial charge is 0.336 e. The summed E-state index contributed by atoms with van der Waals surface area (Å²) in [6.07, 6.45) is 0. The lowest BCUT2D eigenvalue weighted by atomic mass is 10.1. The highest BCUT2D eigenvalue weighted by Gasteiger charge is 2.16. The lowest BCUT2D eigenvalue weighted by Crippen LogP contribution is -1.96. The Morgan fingerprint density at radius 3 is 2.86 bits per heavy atom. The lowest BCUT2D eigenvalue weighted by molar-refractivity contribution is 0.0699. The van der Waals surface area contributed by atoms with E-state index in [0.29, 0.717) is 4.70 Å². The molecule has 72 valence electrons. The van der Waals surface area contributed by atoms with Crippen molar-refractivity contribution in [3.63, 3.8) is 0 Å². The second kappa shape index (κ2) is 3.25. The summed E-state index contributed by atoms with van der Waals surface area (Å²) in [7, 11) is 0. The Kier molecular flexibility index (Phi) is 2.20. The van der Waals surface area contributed by atoms with Crippen LogP contribution in [0.1, 0.15) is 10.4 Å². The van der Waals surface area contributed by atoms with Crippen LogP contribution in [-0.2, 0) is 0 Å². The van der Waals surface area contributed by atoms with Gasteiger partial charge in [-0.25, -0.2) is 9.18 Å². The van der Waals surface area contributed by atoms with E-state index in [9.17, 15) is 9.18 Å². The van der Waals surface area contributed by atoms with Gasteiger partial charge in [-0.2, -0.15) is 0 Å². The van der Waals surface area contributed by atoms with Gasteiger partial charge in [-0.1, -0.05) is 6.07 Å². The van der Waals surface area contributed by atoms with Gasteiger partial charge in [-0.05, 0) is 12.1 Å². The highest BCUT2D eigenvalue weighted by molar-refractivity contribution is 7.83. The molecule has 1 aromatic carbocycles. The second-order valence-electron chi connectivity index (χ2n) is 2.71. The molecule has 0 amide bonds. The molecule has 0 fully saturated rings. The number of thiophene rings is 1. The van der Waals surface area contributed by atoms with E-state index in [-0.39, 0.29) is 15.2 Å². The van der Waals surface area contributed by atoms with E-state index in [2.05, 4.69) is 12.6 Å². The highest BCUT2D eigenvalue weighted by Crippen LogP contribution is 2.34. The SMILES string of the molecule is O=C(O)c1cccc2sc(S)c(F)c12. The molecule has 1 aromatic heterocycles. The third kappa shape index (κ3) is 1.29. The van der Waals surface area contributed by atoms with Gasteiger partial charge in [0.15, 0.2) is 5.82 Å². The van der Waals surface area contributed by atoms with Crippen LogP contribution in [0.3, 0.4) is 0 Å². The predicted molar refractivity (Wildman–Crippen MR) is 56.0 cm³/mol. The molecule has 1 N–H and O–H groups in total. The third-order valence-electron chi connectivity index (χ3n) is 1.87. The number of benzene rings is 1. The third-order valence-corrected chi connectivity index (χ3v) is 3.27. The molecule has 0 unspecified atom stereocenters. The first-order valence-electron chi connectivity index (χ1n) is 3.74. The van der Waals surface area contributed by atoms with Crippen molar-refractivity contribution >= 4 is 40.0 Å². The average Bonchev–Trinajstić information content (AvgIpc) is 2.43. The van der Waals surface area contributed by atoms with Crippen LogP contribution in [-0.4, -0.2) is 11.1 Å². The van der Waals surface area contributed by atoms with Gasteiger partial charge in [0.2, 0.25) is 0 Å². The molecule has 0 aliphatic rings. The van der Waals surface area contributed by atoms with E-state index in [0.717, 1.165) is 11.3 Å². The van der Waals surface area contributed by atoms with Crippen molar-refractivity contribution in [3.05, 3.63) is 29.6 Å². The van der Waals surface area contributed by atoms with Crippen LogP contribution in [0.5, 0.6) is 0 Å². The molecule has 0 atom stereocenters. The van der Waals surface area contributed by atoms with Crippen molar-refractivity contribution in [1.29, 1.82) is 0 Å². The lowest BCUT2D eigenvalue weighted by Gasteiger charge is -1.96. The zero-order chi connectivity index (χ0) is 10.3. The molecule has 0 aliphatic carbocycles. The molecule has 0 saturated carbocycles. The van der Waals surface area contributed by atoms with Gasteiger partial charge in [-0.3, -0.25) is 0 Å². The van der Waals surface area contributed by atoms with Crippen molar-refractivity contribution in [2.75, 3.05) is 0 Å². The van der Waals surface area contributed by atoms with Crippen LogP contribution < -0.4 is 0 Å². The molecule has 14 heavy (non-hydrogen) atoms. The molecule has 2 nitrogen and oxygen atoms in total. The summed E-state index contributed by atoms with van der Waals surface area (Å²) in [6, 6.07) is 4.65. The van der Waals surface area contributed by atoms with E-state index in [4.69, 9.17) is 5.11 Å². The Labute approximate surface area is 88.4 Å². The minimum absolute atomic E-state index is 0.0171. The van der Waals surface area contributed by atoms with Gasteiger partial charge >= 0.3 is 5.97 Å². The Hall–Kier alpha value is -1.07. The number of aromatic carboxylic acids is 1. The highest BCUT2D eigenvalue weighted by atomic mass is 32.2.